The van der Waals surface area contributed by atoms with Crippen molar-refractivity contribution >= 4 is 17.2 Å². The van der Waals surface area contributed by atoms with Crippen LogP contribution in [-0.2, 0) is 11.2 Å². The molecule has 3 saturated heterocycles. The molecule has 2 bridgehead atoms. The van der Waals surface area contributed by atoms with E-state index in [1.807, 2.05) is 34.6 Å². The average Bonchev–Trinajstić information content (AvgIpc) is 3.16. The summed E-state index contributed by atoms with van der Waals surface area (Å²) in [6.45, 7) is 15.9. The second-order valence-corrected chi connectivity index (χ2v) is 11.1. The number of carbonyl (C=O) groups excluding carboxylic acids is 1. The lowest BCUT2D eigenvalue weighted by atomic mass is 9.90. The van der Waals surface area contributed by atoms with Gasteiger partial charge in [0.05, 0.1) is 11.7 Å². The predicted octanol–water partition coefficient (Wildman–Crippen LogP) is 5.05. The fourth-order valence-corrected chi connectivity index (χ4v) is 6.13. The number of ketones is 1. The number of hydrogen-bond acceptors (Lipinski definition) is 6. The summed E-state index contributed by atoms with van der Waals surface area (Å²) in [6.07, 6.45) is 8.69. The van der Waals surface area contributed by atoms with E-state index in [2.05, 4.69) is 51.4 Å². The van der Waals surface area contributed by atoms with Crippen LogP contribution in [0.5, 0.6) is 0 Å². The van der Waals surface area contributed by atoms with Crippen molar-refractivity contribution in [1.82, 2.24) is 10.6 Å². The molecule has 3 N–H and O–H groups in total. The molecule has 0 amide bonds. The Hall–Kier alpha value is -2.02. The summed E-state index contributed by atoms with van der Waals surface area (Å²) in [6, 6.07) is 10.1. The summed E-state index contributed by atoms with van der Waals surface area (Å²) in [5.74, 6) is 0.156. The molecule has 3 heterocycles. The van der Waals surface area contributed by atoms with Crippen LogP contribution in [0.3, 0.4) is 0 Å². The maximum absolute atomic E-state index is 13.0. The van der Waals surface area contributed by atoms with Crippen molar-refractivity contribution in [3.63, 3.8) is 0 Å². The number of anilines is 1. The summed E-state index contributed by atoms with van der Waals surface area (Å²) in [5, 5.41) is 17.3. The van der Waals surface area contributed by atoms with Crippen molar-refractivity contribution in [3.05, 3.63) is 42.1 Å². The number of fused-ring (bicyclic) bond motifs is 2. The Morgan fingerprint density at radius 2 is 1.73 bits per heavy atom. The first-order valence-corrected chi connectivity index (χ1v) is 14.6. The Bertz CT molecular complexity index is 904. The van der Waals surface area contributed by atoms with Crippen molar-refractivity contribution in [2.45, 2.75) is 110 Å². The molecule has 37 heavy (non-hydrogen) atoms. The third-order valence-electron chi connectivity index (χ3n) is 8.34. The van der Waals surface area contributed by atoms with Crippen LogP contribution in [0.25, 0.3) is 0 Å². The molecule has 1 aromatic carbocycles. The molecule has 3 aliphatic rings. The maximum Gasteiger partial charge on any atom is 0.152 e. The highest BCUT2D eigenvalue weighted by Gasteiger charge is 2.36. The summed E-state index contributed by atoms with van der Waals surface area (Å²) in [7, 11) is 0. The van der Waals surface area contributed by atoms with Gasteiger partial charge in [-0.3, -0.25) is 9.79 Å². The van der Waals surface area contributed by atoms with Gasteiger partial charge in [0.15, 0.2) is 5.78 Å². The Balaban J connectivity index is 0.00000186. The van der Waals surface area contributed by atoms with E-state index in [1.165, 1.54) is 43.4 Å². The van der Waals surface area contributed by atoms with Gasteiger partial charge < -0.3 is 20.6 Å². The highest BCUT2D eigenvalue weighted by Crippen LogP contribution is 2.39. The Kier molecular flexibility index (Phi) is 10.9. The van der Waals surface area contributed by atoms with Crippen molar-refractivity contribution in [2.24, 2.45) is 10.9 Å². The van der Waals surface area contributed by atoms with Gasteiger partial charge in [0.25, 0.3) is 0 Å². The van der Waals surface area contributed by atoms with Gasteiger partial charge in [-0.05, 0) is 96.0 Å². The lowest BCUT2D eigenvalue weighted by Crippen LogP contribution is -2.43. The van der Waals surface area contributed by atoms with Gasteiger partial charge in [-0.25, -0.2) is 0 Å². The molecule has 4 atom stereocenters. The van der Waals surface area contributed by atoms with Crippen LogP contribution in [0.2, 0.25) is 0 Å². The first-order chi connectivity index (χ1) is 17.8. The molecule has 0 spiro atoms. The second kappa shape index (κ2) is 13.7. The molecule has 6 heteroatoms. The van der Waals surface area contributed by atoms with E-state index in [0.717, 1.165) is 37.3 Å². The minimum absolute atomic E-state index is 0.0582. The van der Waals surface area contributed by atoms with Crippen LogP contribution in [0.15, 0.2) is 41.5 Å². The number of piperidine rings is 2. The molecular weight excluding hydrogens is 460 g/mol. The predicted molar refractivity (Wildman–Crippen MR) is 156 cm³/mol. The monoisotopic (exact) mass is 510 g/mol. The van der Waals surface area contributed by atoms with Gasteiger partial charge in [-0.2, -0.15) is 0 Å². The zero-order valence-corrected chi connectivity index (χ0v) is 23.9. The van der Waals surface area contributed by atoms with Crippen LogP contribution in [0, 0.1) is 5.92 Å². The fraction of sp³-hybridized carbons (Fsp3) is 0.677. The summed E-state index contributed by atoms with van der Waals surface area (Å²) >= 11 is 0. The number of nitrogens with zero attached hydrogens (tertiary/aromatic N) is 2. The zero-order chi connectivity index (χ0) is 27.0. The number of hydrogen-bond donors (Lipinski definition) is 3. The van der Waals surface area contributed by atoms with Gasteiger partial charge in [-0.15, -0.1) is 0 Å². The molecule has 0 aromatic heterocycles. The smallest absolute Gasteiger partial charge is 0.152 e. The largest absolute Gasteiger partial charge is 0.383 e. The van der Waals surface area contributed by atoms with Crippen LogP contribution < -0.4 is 15.5 Å². The van der Waals surface area contributed by atoms with Gasteiger partial charge in [0, 0.05) is 35.9 Å². The molecule has 0 aliphatic carbocycles. The number of aliphatic imine (C=N–C) groups is 1. The van der Waals surface area contributed by atoms with E-state index in [-0.39, 0.29) is 17.7 Å². The number of rotatable bonds is 10. The topological polar surface area (TPSA) is 77.0 Å². The van der Waals surface area contributed by atoms with Crippen molar-refractivity contribution in [3.8, 4) is 0 Å². The van der Waals surface area contributed by atoms with E-state index in [9.17, 15) is 9.90 Å². The highest BCUT2D eigenvalue weighted by molar-refractivity contribution is 5.88. The maximum atomic E-state index is 13.0. The summed E-state index contributed by atoms with van der Waals surface area (Å²) in [4.78, 5) is 20.2. The van der Waals surface area contributed by atoms with E-state index in [4.69, 9.17) is 0 Å². The lowest BCUT2D eigenvalue weighted by Gasteiger charge is -2.37. The first kappa shape index (κ1) is 29.5. The number of carbonyl (C=O) groups is 1. The molecule has 0 radical (unpaired) electrons. The fourth-order valence-electron chi connectivity index (χ4n) is 6.13. The van der Waals surface area contributed by atoms with Crippen LogP contribution in [-0.4, -0.2) is 60.0 Å². The van der Waals surface area contributed by atoms with Crippen LogP contribution in [0.1, 0.15) is 85.1 Å². The van der Waals surface area contributed by atoms with Crippen LogP contribution in [0.4, 0.5) is 5.69 Å². The van der Waals surface area contributed by atoms with E-state index in [0.29, 0.717) is 25.1 Å². The molecule has 206 valence electrons. The average molecular weight is 511 g/mol. The van der Waals surface area contributed by atoms with E-state index in [1.54, 1.807) is 0 Å². The minimum Gasteiger partial charge on any atom is -0.383 e. The number of Topliss-reactive ketones (excluding diaryl/α,β-unsaturated/α-hetero) is 1. The molecular formula is C31H50N4O2. The van der Waals surface area contributed by atoms with E-state index >= 15 is 0 Å². The molecule has 6 nitrogen and oxygen atoms in total. The Morgan fingerprint density at radius 3 is 2.32 bits per heavy atom. The number of nitrogens with one attached hydrogen (secondary N) is 2. The SMILES string of the molecule is C=C(N=C(C)CNC(C)C(=O)C(C)Cc1ccc(N2C3CCCC2CC3)cc1)C1(O)CCNCC1.CC. The molecule has 3 aliphatic heterocycles. The van der Waals surface area contributed by atoms with E-state index < -0.39 is 5.60 Å². The van der Waals surface area contributed by atoms with Gasteiger partial charge in [0.1, 0.15) is 5.60 Å². The molecule has 1 aromatic rings. The van der Waals surface area contributed by atoms with Gasteiger partial charge >= 0.3 is 0 Å². The molecule has 0 saturated carbocycles. The summed E-state index contributed by atoms with van der Waals surface area (Å²) < 4.78 is 0. The molecule has 4 unspecified atom stereocenters. The van der Waals surface area contributed by atoms with Crippen molar-refractivity contribution in [1.29, 1.82) is 0 Å². The molecule has 4 rings (SSSR count). The van der Waals surface area contributed by atoms with Gasteiger partial charge in [-0.1, -0.05) is 39.5 Å². The normalized spacial score (nSPS) is 24.6. The lowest BCUT2D eigenvalue weighted by molar-refractivity contribution is -0.123. The standard InChI is InChI=1S/C29H44N4O2.C2H6/c1-20(18-24-8-10-27(11-9-24)33-25-6-5-7-26(33)13-12-25)28(34)22(3)31-19-21(2)32-23(4)29(35)14-16-30-17-15-29;1-2/h8-11,20,22,25-26,30-31,35H,4-7,12-19H2,1-3H3;1-2H3. The quantitative estimate of drug-likeness (QED) is 0.384. The first-order valence-electron chi connectivity index (χ1n) is 14.6. The third-order valence-corrected chi connectivity index (χ3v) is 8.34. The third kappa shape index (κ3) is 7.52. The van der Waals surface area contributed by atoms with Crippen molar-refractivity contribution in [2.75, 3.05) is 24.5 Å². The Labute approximate surface area is 225 Å². The summed E-state index contributed by atoms with van der Waals surface area (Å²) in [5.41, 5.74) is 2.99. The second-order valence-electron chi connectivity index (χ2n) is 11.1. The minimum atomic E-state index is -0.925. The zero-order valence-electron chi connectivity index (χ0n) is 23.9. The number of aliphatic hydroxyl groups is 1. The highest BCUT2D eigenvalue weighted by atomic mass is 16.3. The molecule has 3 fully saturated rings. The number of benzene rings is 1. The Morgan fingerprint density at radius 1 is 1.14 bits per heavy atom. The van der Waals surface area contributed by atoms with Crippen molar-refractivity contribution < 1.29 is 9.90 Å². The van der Waals surface area contributed by atoms with Crippen LogP contribution >= 0.6 is 0 Å². The van der Waals surface area contributed by atoms with Gasteiger partial charge in [0.2, 0.25) is 0 Å².